The Morgan fingerprint density at radius 3 is 2.44 bits per heavy atom. The van der Waals surface area contributed by atoms with Gasteiger partial charge >= 0.3 is 0 Å². The second kappa shape index (κ2) is 7.03. The third-order valence-electron chi connectivity index (χ3n) is 4.28. The highest BCUT2D eigenvalue weighted by Crippen LogP contribution is 2.32. The molecule has 8 nitrogen and oxygen atoms in total. The topological polar surface area (TPSA) is 85.7 Å². The Bertz CT molecular complexity index is 827. The molecule has 1 aliphatic rings. The summed E-state index contributed by atoms with van der Waals surface area (Å²) in [4.78, 5) is 4.48. The third-order valence-corrected chi connectivity index (χ3v) is 6.17. The van der Waals surface area contributed by atoms with Gasteiger partial charge in [-0.15, -0.1) is 0 Å². The van der Waals surface area contributed by atoms with Gasteiger partial charge in [0.2, 0.25) is 10.0 Å². The van der Waals surface area contributed by atoms with Gasteiger partial charge in [-0.2, -0.15) is 4.31 Å². The SMILES string of the molecule is COc1cc(OC)cc(S(=O)(=O)N2CCNCC2c2nccn2C)c1. The number of piperazine rings is 1. The number of sulfonamides is 1. The maximum absolute atomic E-state index is 13.3. The lowest BCUT2D eigenvalue weighted by Gasteiger charge is -2.34. The predicted octanol–water partition coefficient (Wildman–Crippen LogP) is 0.772. The molecule has 136 valence electrons. The van der Waals surface area contributed by atoms with Crippen molar-refractivity contribution in [2.24, 2.45) is 7.05 Å². The van der Waals surface area contributed by atoms with E-state index in [2.05, 4.69) is 10.3 Å². The average Bonchev–Trinajstić information content (AvgIpc) is 3.07. The molecule has 1 N–H and O–H groups in total. The fourth-order valence-electron chi connectivity index (χ4n) is 2.96. The molecule has 0 radical (unpaired) electrons. The van der Waals surface area contributed by atoms with Crippen LogP contribution in [0.25, 0.3) is 0 Å². The zero-order valence-corrected chi connectivity index (χ0v) is 15.3. The van der Waals surface area contributed by atoms with Crippen molar-refractivity contribution in [3.63, 3.8) is 0 Å². The minimum atomic E-state index is -3.74. The number of hydrogen-bond acceptors (Lipinski definition) is 6. The monoisotopic (exact) mass is 366 g/mol. The van der Waals surface area contributed by atoms with E-state index in [9.17, 15) is 8.42 Å². The molecular weight excluding hydrogens is 344 g/mol. The van der Waals surface area contributed by atoms with Gasteiger partial charge in [-0.25, -0.2) is 13.4 Å². The summed E-state index contributed by atoms with van der Waals surface area (Å²) >= 11 is 0. The summed E-state index contributed by atoms with van der Waals surface area (Å²) in [7, 11) is 1.10. The molecule has 3 rings (SSSR count). The molecule has 1 aromatic heterocycles. The number of ether oxygens (including phenoxy) is 2. The van der Waals surface area contributed by atoms with Crippen molar-refractivity contribution in [1.29, 1.82) is 0 Å². The highest BCUT2D eigenvalue weighted by Gasteiger charge is 2.36. The molecule has 0 saturated carbocycles. The first-order chi connectivity index (χ1) is 12.0. The lowest BCUT2D eigenvalue weighted by Crippen LogP contribution is -2.49. The zero-order chi connectivity index (χ0) is 18.0. The Balaban J connectivity index is 2.04. The van der Waals surface area contributed by atoms with Gasteiger partial charge in [0, 0.05) is 57.3 Å². The lowest BCUT2D eigenvalue weighted by molar-refractivity contribution is 0.258. The van der Waals surface area contributed by atoms with Gasteiger partial charge in [0.1, 0.15) is 17.3 Å². The van der Waals surface area contributed by atoms with E-state index in [1.54, 1.807) is 12.3 Å². The standard InChI is InChI=1S/C16H22N4O4S/c1-19-6-5-18-16(19)15-11-17-4-7-20(15)25(21,22)14-9-12(23-2)8-13(10-14)24-3/h5-6,8-10,15,17H,4,7,11H2,1-3H3. The fourth-order valence-corrected chi connectivity index (χ4v) is 4.59. The van der Waals surface area contributed by atoms with Gasteiger partial charge in [0.05, 0.1) is 25.2 Å². The molecular formula is C16H22N4O4S. The van der Waals surface area contributed by atoms with Crippen LogP contribution in [0.1, 0.15) is 11.9 Å². The van der Waals surface area contributed by atoms with Crippen molar-refractivity contribution in [3.05, 3.63) is 36.4 Å². The van der Waals surface area contributed by atoms with Crippen molar-refractivity contribution in [3.8, 4) is 11.5 Å². The molecule has 1 fully saturated rings. The van der Waals surface area contributed by atoms with Crippen molar-refractivity contribution in [1.82, 2.24) is 19.2 Å². The summed E-state index contributed by atoms with van der Waals surface area (Å²) in [5, 5.41) is 3.24. The summed E-state index contributed by atoms with van der Waals surface area (Å²) in [6.45, 7) is 1.45. The van der Waals surface area contributed by atoms with E-state index in [0.717, 1.165) is 0 Å². The number of rotatable bonds is 5. The molecule has 2 heterocycles. The zero-order valence-electron chi connectivity index (χ0n) is 14.5. The molecule has 25 heavy (non-hydrogen) atoms. The molecule has 9 heteroatoms. The number of imidazole rings is 1. The molecule has 0 amide bonds. The van der Waals surface area contributed by atoms with Gasteiger partial charge < -0.3 is 19.4 Å². The summed E-state index contributed by atoms with van der Waals surface area (Å²) in [6.07, 6.45) is 3.48. The summed E-state index contributed by atoms with van der Waals surface area (Å²) in [5.74, 6) is 1.56. The third kappa shape index (κ3) is 3.35. The Morgan fingerprint density at radius 1 is 1.20 bits per heavy atom. The van der Waals surface area contributed by atoms with Crippen LogP contribution in [-0.4, -0.2) is 56.1 Å². The van der Waals surface area contributed by atoms with Crippen molar-refractivity contribution in [2.45, 2.75) is 10.9 Å². The highest BCUT2D eigenvalue weighted by atomic mass is 32.2. The summed E-state index contributed by atoms with van der Waals surface area (Å²) in [5.41, 5.74) is 0. The van der Waals surface area contributed by atoms with Crippen LogP contribution < -0.4 is 14.8 Å². The maximum Gasteiger partial charge on any atom is 0.244 e. The molecule has 1 unspecified atom stereocenters. The lowest BCUT2D eigenvalue weighted by atomic mass is 10.2. The number of nitrogens with zero attached hydrogens (tertiary/aromatic N) is 3. The predicted molar refractivity (Wildman–Crippen MR) is 92.3 cm³/mol. The number of benzene rings is 1. The van der Waals surface area contributed by atoms with Gasteiger partial charge in [0.15, 0.2) is 0 Å². The van der Waals surface area contributed by atoms with Crippen LogP contribution in [0.4, 0.5) is 0 Å². The van der Waals surface area contributed by atoms with E-state index in [4.69, 9.17) is 9.47 Å². The van der Waals surface area contributed by atoms with Gasteiger partial charge in [-0.1, -0.05) is 0 Å². The molecule has 1 aliphatic heterocycles. The van der Waals surface area contributed by atoms with Crippen LogP contribution >= 0.6 is 0 Å². The Hall–Kier alpha value is -2.10. The number of aromatic nitrogens is 2. The largest absolute Gasteiger partial charge is 0.497 e. The second-order valence-electron chi connectivity index (χ2n) is 5.78. The number of hydrogen-bond donors (Lipinski definition) is 1. The first-order valence-electron chi connectivity index (χ1n) is 7.90. The quantitative estimate of drug-likeness (QED) is 0.841. The van der Waals surface area contributed by atoms with Gasteiger partial charge in [-0.3, -0.25) is 0 Å². The van der Waals surface area contributed by atoms with E-state index in [-0.39, 0.29) is 10.9 Å². The van der Waals surface area contributed by atoms with Crippen LogP contribution in [0.2, 0.25) is 0 Å². The molecule has 1 aromatic carbocycles. The molecule has 2 aromatic rings. The first kappa shape index (κ1) is 17.7. The fraction of sp³-hybridized carbons (Fsp3) is 0.438. The van der Waals surface area contributed by atoms with Crippen molar-refractivity contribution in [2.75, 3.05) is 33.9 Å². The first-order valence-corrected chi connectivity index (χ1v) is 9.34. The van der Waals surface area contributed by atoms with E-state index in [0.29, 0.717) is 37.0 Å². The molecule has 1 atom stereocenters. The number of methoxy groups -OCH3 is 2. The van der Waals surface area contributed by atoms with E-state index in [1.165, 1.54) is 30.7 Å². The van der Waals surface area contributed by atoms with Gasteiger partial charge in [-0.05, 0) is 0 Å². The number of aryl methyl sites for hydroxylation is 1. The van der Waals surface area contributed by atoms with Crippen LogP contribution in [0.5, 0.6) is 11.5 Å². The second-order valence-corrected chi connectivity index (χ2v) is 7.67. The molecule has 0 bridgehead atoms. The Kier molecular flexibility index (Phi) is 4.98. The Morgan fingerprint density at radius 2 is 1.88 bits per heavy atom. The minimum Gasteiger partial charge on any atom is -0.497 e. The average molecular weight is 366 g/mol. The van der Waals surface area contributed by atoms with E-state index in [1.807, 2.05) is 17.8 Å². The molecule has 0 aliphatic carbocycles. The van der Waals surface area contributed by atoms with Crippen LogP contribution in [0, 0.1) is 0 Å². The van der Waals surface area contributed by atoms with E-state index < -0.39 is 10.0 Å². The Labute approximate surface area is 147 Å². The van der Waals surface area contributed by atoms with Gasteiger partial charge in [0.25, 0.3) is 0 Å². The maximum atomic E-state index is 13.3. The van der Waals surface area contributed by atoms with E-state index >= 15 is 0 Å². The van der Waals surface area contributed by atoms with Crippen molar-refractivity contribution < 1.29 is 17.9 Å². The highest BCUT2D eigenvalue weighted by molar-refractivity contribution is 7.89. The smallest absolute Gasteiger partial charge is 0.244 e. The number of nitrogens with one attached hydrogen (secondary N) is 1. The van der Waals surface area contributed by atoms with Crippen LogP contribution in [0.3, 0.4) is 0 Å². The molecule has 0 spiro atoms. The minimum absolute atomic E-state index is 0.143. The van der Waals surface area contributed by atoms with Crippen LogP contribution in [-0.2, 0) is 17.1 Å². The van der Waals surface area contributed by atoms with Crippen LogP contribution in [0.15, 0.2) is 35.5 Å². The van der Waals surface area contributed by atoms with Crippen molar-refractivity contribution >= 4 is 10.0 Å². The normalized spacial score (nSPS) is 18.9. The summed E-state index contributed by atoms with van der Waals surface area (Å²) in [6, 6.07) is 4.29. The summed E-state index contributed by atoms with van der Waals surface area (Å²) < 4.78 is 40.3. The molecule has 1 saturated heterocycles.